The molecule has 0 bridgehead atoms. The molecule has 0 N–H and O–H groups in total. The summed E-state index contributed by atoms with van der Waals surface area (Å²) >= 11 is 0. The van der Waals surface area contributed by atoms with Gasteiger partial charge in [0.25, 0.3) is 0 Å². The summed E-state index contributed by atoms with van der Waals surface area (Å²) in [7, 11) is 0. The van der Waals surface area contributed by atoms with E-state index in [9.17, 15) is 14.0 Å². The first kappa shape index (κ1) is 22.0. The van der Waals surface area contributed by atoms with E-state index in [4.69, 9.17) is 4.74 Å². The Kier molecular flexibility index (Phi) is 6.53. The topological polar surface area (TPSA) is 63.9 Å². The fraction of sp³-hybridized carbons (Fsp3) is 0.400. The zero-order valence-corrected chi connectivity index (χ0v) is 18.5. The Morgan fingerprint density at radius 2 is 2.03 bits per heavy atom. The number of rotatable bonds is 6. The van der Waals surface area contributed by atoms with Crippen LogP contribution < -0.4 is 0 Å². The Labute approximate surface area is 187 Å². The van der Waals surface area contributed by atoms with Crippen LogP contribution in [0.3, 0.4) is 0 Å². The minimum absolute atomic E-state index is 0.0958. The van der Waals surface area contributed by atoms with Gasteiger partial charge in [-0.1, -0.05) is 24.3 Å². The number of pyridine rings is 1. The highest BCUT2D eigenvalue weighted by Crippen LogP contribution is 2.32. The van der Waals surface area contributed by atoms with E-state index in [1.165, 1.54) is 6.07 Å². The molecule has 1 amide bonds. The highest BCUT2D eigenvalue weighted by atomic mass is 19.1. The number of benzene rings is 1. The van der Waals surface area contributed by atoms with Gasteiger partial charge in [-0.15, -0.1) is 0 Å². The highest BCUT2D eigenvalue weighted by molar-refractivity contribution is 5.79. The summed E-state index contributed by atoms with van der Waals surface area (Å²) in [5.74, 6) is -1.51. The Balaban J connectivity index is 1.65. The summed E-state index contributed by atoms with van der Waals surface area (Å²) in [6, 6.07) is 12.4. The second-order valence-electron chi connectivity index (χ2n) is 8.25. The first-order valence-electron chi connectivity index (χ1n) is 11.1. The van der Waals surface area contributed by atoms with E-state index in [0.29, 0.717) is 31.7 Å². The van der Waals surface area contributed by atoms with Gasteiger partial charge in [0, 0.05) is 37.3 Å². The van der Waals surface area contributed by atoms with Crippen molar-refractivity contribution in [3.8, 4) is 0 Å². The van der Waals surface area contributed by atoms with Crippen molar-refractivity contribution in [1.82, 2.24) is 14.3 Å². The van der Waals surface area contributed by atoms with Crippen LogP contribution in [-0.4, -0.2) is 45.9 Å². The lowest BCUT2D eigenvalue weighted by Gasteiger charge is -2.32. The number of carbonyl (C=O) groups is 2. The minimum Gasteiger partial charge on any atom is -0.466 e. The van der Waals surface area contributed by atoms with Crippen LogP contribution in [0.25, 0.3) is 5.65 Å². The summed E-state index contributed by atoms with van der Waals surface area (Å²) in [5.41, 5.74) is 2.96. The number of fused-ring (bicyclic) bond motifs is 1. The Hall–Kier alpha value is -3.22. The van der Waals surface area contributed by atoms with Crippen molar-refractivity contribution >= 4 is 17.5 Å². The number of aryl methyl sites for hydroxylation is 1. The number of likely N-dealkylation sites (tertiary alicyclic amines) is 1. The summed E-state index contributed by atoms with van der Waals surface area (Å²) in [6.07, 6.45) is 3.28. The van der Waals surface area contributed by atoms with Gasteiger partial charge in [-0.25, -0.2) is 9.37 Å². The normalized spacial score (nSPS) is 17.3. The third kappa shape index (κ3) is 4.38. The average Bonchev–Trinajstić information content (AvgIpc) is 3.23. The number of nitrogens with zero attached hydrogens (tertiary/aromatic N) is 3. The van der Waals surface area contributed by atoms with Crippen LogP contribution in [0.2, 0.25) is 0 Å². The fourth-order valence-electron chi connectivity index (χ4n) is 4.57. The lowest BCUT2D eigenvalue weighted by molar-refractivity contribution is -0.151. The molecule has 1 aliphatic rings. The second-order valence-corrected chi connectivity index (χ2v) is 8.25. The standard InChI is InChI=1S/C25H28FN3O3/c1-3-32-25(31)18-9-7-13-28(16-18)24(30)14-20(19-10-4-5-11-21(19)26)22-15-27-23-12-6-8-17(2)29(22)23/h4-6,8,10-12,15,18,20H,3,7,9,13-14,16H2,1-2H3. The molecule has 0 spiro atoms. The summed E-state index contributed by atoms with van der Waals surface area (Å²) in [5, 5.41) is 0. The monoisotopic (exact) mass is 437 g/mol. The van der Waals surface area contributed by atoms with E-state index in [1.807, 2.05) is 29.5 Å². The van der Waals surface area contributed by atoms with Crippen LogP contribution >= 0.6 is 0 Å². The molecule has 0 aliphatic carbocycles. The number of esters is 1. The Morgan fingerprint density at radius 1 is 1.22 bits per heavy atom. The zero-order chi connectivity index (χ0) is 22.7. The van der Waals surface area contributed by atoms with Crippen molar-refractivity contribution < 1.29 is 18.7 Å². The molecule has 4 rings (SSSR count). The van der Waals surface area contributed by atoms with Crippen LogP contribution in [0.5, 0.6) is 0 Å². The number of halogens is 1. The summed E-state index contributed by atoms with van der Waals surface area (Å²) in [6.45, 7) is 5.00. The molecule has 0 saturated carbocycles. The molecule has 1 fully saturated rings. The third-order valence-corrected chi connectivity index (χ3v) is 6.16. The van der Waals surface area contributed by atoms with Crippen molar-refractivity contribution in [3.05, 3.63) is 71.4 Å². The number of aromatic nitrogens is 2. The maximum Gasteiger partial charge on any atom is 0.310 e. The van der Waals surface area contributed by atoms with E-state index in [1.54, 1.807) is 36.2 Å². The number of ether oxygens (including phenoxy) is 1. The lowest BCUT2D eigenvalue weighted by atomic mass is 9.90. The Morgan fingerprint density at radius 3 is 2.81 bits per heavy atom. The van der Waals surface area contributed by atoms with Gasteiger partial charge in [0.2, 0.25) is 5.91 Å². The summed E-state index contributed by atoms with van der Waals surface area (Å²) < 4.78 is 22.0. The SMILES string of the molecule is CCOC(=O)C1CCCN(C(=O)CC(c2ccccc2F)c2cnc3cccc(C)n23)C1. The van der Waals surface area contributed by atoms with Gasteiger partial charge in [-0.2, -0.15) is 0 Å². The van der Waals surface area contributed by atoms with Crippen molar-refractivity contribution in [2.24, 2.45) is 5.92 Å². The first-order valence-corrected chi connectivity index (χ1v) is 11.1. The molecule has 0 radical (unpaired) electrons. The predicted octanol–water partition coefficient (Wildman–Crippen LogP) is 4.11. The van der Waals surface area contributed by atoms with Gasteiger partial charge in [0.15, 0.2) is 0 Å². The number of amides is 1. The van der Waals surface area contributed by atoms with E-state index in [2.05, 4.69) is 4.98 Å². The van der Waals surface area contributed by atoms with Crippen LogP contribution in [0, 0.1) is 18.7 Å². The van der Waals surface area contributed by atoms with Crippen molar-refractivity contribution in [2.75, 3.05) is 19.7 Å². The van der Waals surface area contributed by atoms with Gasteiger partial charge in [0.1, 0.15) is 11.5 Å². The third-order valence-electron chi connectivity index (χ3n) is 6.16. The van der Waals surface area contributed by atoms with Gasteiger partial charge in [-0.3, -0.25) is 9.59 Å². The molecular weight excluding hydrogens is 409 g/mol. The number of imidazole rings is 1. The quantitative estimate of drug-likeness (QED) is 0.545. The Bertz CT molecular complexity index is 1130. The van der Waals surface area contributed by atoms with E-state index in [0.717, 1.165) is 23.5 Å². The second kappa shape index (κ2) is 9.51. The van der Waals surface area contributed by atoms with Crippen LogP contribution in [0.15, 0.2) is 48.7 Å². The van der Waals surface area contributed by atoms with Crippen molar-refractivity contribution in [3.63, 3.8) is 0 Å². The molecule has 1 aromatic carbocycles. The summed E-state index contributed by atoms with van der Waals surface area (Å²) in [4.78, 5) is 31.8. The van der Waals surface area contributed by atoms with E-state index in [-0.39, 0.29) is 30.0 Å². The van der Waals surface area contributed by atoms with E-state index >= 15 is 0 Å². The van der Waals surface area contributed by atoms with Crippen LogP contribution in [0.1, 0.15) is 49.1 Å². The molecule has 32 heavy (non-hydrogen) atoms. The van der Waals surface area contributed by atoms with Crippen LogP contribution in [-0.2, 0) is 14.3 Å². The molecular formula is C25H28FN3O3. The van der Waals surface area contributed by atoms with E-state index < -0.39 is 5.92 Å². The van der Waals surface area contributed by atoms with Crippen molar-refractivity contribution in [2.45, 2.75) is 39.0 Å². The maximum absolute atomic E-state index is 14.9. The zero-order valence-electron chi connectivity index (χ0n) is 18.5. The lowest BCUT2D eigenvalue weighted by Crippen LogP contribution is -2.43. The number of carbonyl (C=O) groups excluding carboxylic acids is 2. The van der Waals surface area contributed by atoms with Gasteiger partial charge >= 0.3 is 5.97 Å². The number of hydrogen-bond acceptors (Lipinski definition) is 4. The first-order chi connectivity index (χ1) is 15.5. The smallest absolute Gasteiger partial charge is 0.310 e. The molecule has 6 nitrogen and oxygen atoms in total. The fourth-order valence-corrected chi connectivity index (χ4v) is 4.57. The predicted molar refractivity (Wildman–Crippen MR) is 119 cm³/mol. The molecule has 3 heterocycles. The molecule has 168 valence electrons. The molecule has 3 aromatic rings. The minimum atomic E-state index is -0.497. The molecule has 1 saturated heterocycles. The molecule has 2 aromatic heterocycles. The van der Waals surface area contributed by atoms with Crippen molar-refractivity contribution in [1.29, 1.82) is 0 Å². The molecule has 2 atom stereocenters. The number of hydrogen-bond donors (Lipinski definition) is 0. The van der Waals surface area contributed by atoms with Crippen LogP contribution in [0.4, 0.5) is 4.39 Å². The van der Waals surface area contributed by atoms with Gasteiger partial charge in [0.05, 0.1) is 18.2 Å². The van der Waals surface area contributed by atoms with Gasteiger partial charge in [-0.05, 0) is 50.5 Å². The molecule has 7 heteroatoms. The van der Waals surface area contributed by atoms with Gasteiger partial charge < -0.3 is 14.0 Å². The average molecular weight is 438 g/mol. The molecule has 1 aliphatic heterocycles. The number of piperidine rings is 1. The molecule has 2 unspecified atom stereocenters. The largest absolute Gasteiger partial charge is 0.466 e. The highest BCUT2D eigenvalue weighted by Gasteiger charge is 2.32. The maximum atomic E-state index is 14.9.